The van der Waals surface area contributed by atoms with Crippen LogP contribution < -0.4 is 0 Å². The minimum Gasteiger partial charge on any atom is -0.385 e. The lowest BCUT2D eigenvalue weighted by Gasteiger charge is -2.24. The SMILES string of the molecule is CC(C)Cc1cccc(C(C)(O)C2CC2)c1. The van der Waals surface area contributed by atoms with E-state index in [4.69, 9.17) is 0 Å². The van der Waals surface area contributed by atoms with Crippen molar-refractivity contribution in [3.8, 4) is 0 Å². The van der Waals surface area contributed by atoms with Gasteiger partial charge in [0.15, 0.2) is 0 Å². The van der Waals surface area contributed by atoms with Crippen molar-refractivity contribution in [3.63, 3.8) is 0 Å². The van der Waals surface area contributed by atoms with Crippen molar-refractivity contribution in [3.05, 3.63) is 35.4 Å². The van der Waals surface area contributed by atoms with Crippen LogP contribution in [0.15, 0.2) is 24.3 Å². The number of hydrogen-bond acceptors (Lipinski definition) is 1. The summed E-state index contributed by atoms with van der Waals surface area (Å²) in [6.07, 6.45) is 3.43. The van der Waals surface area contributed by atoms with E-state index in [1.165, 1.54) is 18.4 Å². The summed E-state index contributed by atoms with van der Waals surface area (Å²) in [6.45, 7) is 6.41. The van der Waals surface area contributed by atoms with E-state index >= 15 is 0 Å². The van der Waals surface area contributed by atoms with E-state index in [0.29, 0.717) is 11.8 Å². The molecule has 2 rings (SSSR count). The summed E-state index contributed by atoms with van der Waals surface area (Å²) in [5.74, 6) is 1.14. The van der Waals surface area contributed by atoms with Crippen LogP contribution in [0.2, 0.25) is 0 Å². The second kappa shape index (κ2) is 4.21. The van der Waals surface area contributed by atoms with Crippen molar-refractivity contribution < 1.29 is 5.11 Å². The zero-order valence-corrected chi connectivity index (χ0v) is 10.5. The Labute approximate surface area is 98.5 Å². The molecular formula is C15H22O. The van der Waals surface area contributed by atoms with Gasteiger partial charge >= 0.3 is 0 Å². The molecule has 1 aliphatic carbocycles. The molecule has 1 atom stereocenters. The van der Waals surface area contributed by atoms with Crippen LogP contribution in [0.5, 0.6) is 0 Å². The molecule has 0 saturated heterocycles. The third-order valence-electron chi connectivity index (χ3n) is 3.53. The lowest BCUT2D eigenvalue weighted by molar-refractivity contribution is 0.0330. The Morgan fingerprint density at radius 1 is 1.38 bits per heavy atom. The number of hydrogen-bond donors (Lipinski definition) is 1. The second-order valence-corrected chi connectivity index (χ2v) is 5.72. The van der Waals surface area contributed by atoms with Crippen LogP contribution in [-0.4, -0.2) is 5.11 Å². The van der Waals surface area contributed by atoms with E-state index in [1.807, 2.05) is 6.92 Å². The minimum absolute atomic E-state index is 0.474. The minimum atomic E-state index is -0.618. The maximum Gasteiger partial charge on any atom is 0.0896 e. The first-order valence-electron chi connectivity index (χ1n) is 6.32. The first-order valence-corrected chi connectivity index (χ1v) is 6.32. The fourth-order valence-electron chi connectivity index (χ4n) is 2.37. The Bertz CT molecular complexity index is 361. The van der Waals surface area contributed by atoms with E-state index in [-0.39, 0.29) is 0 Å². The molecule has 1 aromatic rings. The van der Waals surface area contributed by atoms with Gasteiger partial charge in [-0.25, -0.2) is 0 Å². The predicted molar refractivity (Wildman–Crippen MR) is 67.3 cm³/mol. The van der Waals surface area contributed by atoms with Crippen LogP contribution in [0.25, 0.3) is 0 Å². The second-order valence-electron chi connectivity index (χ2n) is 5.72. The van der Waals surface area contributed by atoms with E-state index in [0.717, 1.165) is 12.0 Å². The van der Waals surface area contributed by atoms with E-state index < -0.39 is 5.60 Å². The first kappa shape index (κ1) is 11.7. The molecule has 0 amide bonds. The predicted octanol–water partition coefficient (Wildman–Crippen LogP) is 3.50. The molecule has 16 heavy (non-hydrogen) atoms. The standard InChI is InChI=1S/C15H22O/c1-11(2)9-12-5-4-6-14(10-12)15(3,16)13-7-8-13/h4-6,10-11,13,16H,7-9H2,1-3H3. The number of aliphatic hydroxyl groups is 1. The molecule has 1 heteroatoms. The summed E-state index contributed by atoms with van der Waals surface area (Å²) < 4.78 is 0. The van der Waals surface area contributed by atoms with Crippen molar-refractivity contribution in [2.45, 2.75) is 45.6 Å². The quantitative estimate of drug-likeness (QED) is 0.820. The summed E-state index contributed by atoms with van der Waals surface area (Å²) in [5, 5.41) is 10.5. The van der Waals surface area contributed by atoms with Crippen LogP contribution in [0.3, 0.4) is 0 Å². The maximum atomic E-state index is 10.5. The molecule has 1 unspecified atom stereocenters. The topological polar surface area (TPSA) is 20.2 Å². The molecule has 1 saturated carbocycles. The Morgan fingerprint density at radius 3 is 2.62 bits per heavy atom. The van der Waals surface area contributed by atoms with Gasteiger partial charge in [-0.15, -0.1) is 0 Å². The molecule has 1 nitrogen and oxygen atoms in total. The molecule has 0 heterocycles. The molecule has 1 aliphatic rings. The van der Waals surface area contributed by atoms with Gasteiger partial charge in [-0.1, -0.05) is 38.1 Å². The Morgan fingerprint density at radius 2 is 2.06 bits per heavy atom. The normalized spacial score (nSPS) is 19.8. The molecule has 1 fully saturated rings. The maximum absolute atomic E-state index is 10.5. The van der Waals surface area contributed by atoms with Gasteiger partial charge in [-0.05, 0) is 49.1 Å². The zero-order valence-electron chi connectivity index (χ0n) is 10.5. The highest BCUT2D eigenvalue weighted by molar-refractivity contribution is 5.29. The van der Waals surface area contributed by atoms with Crippen molar-refractivity contribution in [1.29, 1.82) is 0 Å². The third kappa shape index (κ3) is 2.46. The molecule has 0 spiro atoms. The fourth-order valence-corrected chi connectivity index (χ4v) is 2.37. The van der Waals surface area contributed by atoms with Crippen LogP contribution in [0.4, 0.5) is 0 Å². The Balaban J connectivity index is 2.21. The van der Waals surface area contributed by atoms with E-state index in [9.17, 15) is 5.11 Å². The molecule has 0 bridgehead atoms. The lowest BCUT2D eigenvalue weighted by atomic mass is 9.88. The Hall–Kier alpha value is -0.820. The highest BCUT2D eigenvalue weighted by Gasteiger charge is 2.41. The highest BCUT2D eigenvalue weighted by atomic mass is 16.3. The van der Waals surface area contributed by atoms with Crippen molar-refractivity contribution in [1.82, 2.24) is 0 Å². The van der Waals surface area contributed by atoms with Crippen molar-refractivity contribution >= 4 is 0 Å². The van der Waals surface area contributed by atoms with Crippen LogP contribution >= 0.6 is 0 Å². The van der Waals surface area contributed by atoms with Gasteiger partial charge in [-0.2, -0.15) is 0 Å². The van der Waals surface area contributed by atoms with Gasteiger partial charge in [0.25, 0.3) is 0 Å². The average Bonchev–Trinajstić information content (AvgIpc) is 3.00. The zero-order chi connectivity index (χ0) is 11.8. The first-order chi connectivity index (χ1) is 7.50. The summed E-state index contributed by atoms with van der Waals surface area (Å²) in [7, 11) is 0. The van der Waals surface area contributed by atoms with Crippen molar-refractivity contribution in [2.24, 2.45) is 11.8 Å². The molecule has 0 aromatic heterocycles. The van der Waals surface area contributed by atoms with E-state index in [2.05, 4.69) is 38.1 Å². The monoisotopic (exact) mass is 218 g/mol. The Kier molecular flexibility index (Phi) is 3.07. The lowest BCUT2D eigenvalue weighted by Crippen LogP contribution is -2.23. The molecule has 0 aliphatic heterocycles. The fraction of sp³-hybridized carbons (Fsp3) is 0.600. The van der Waals surface area contributed by atoms with Gasteiger partial charge in [0.05, 0.1) is 5.60 Å². The van der Waals surface area contributed by atoms with Gasteiger partial charge in [0.1, 0.15) is 0 Å². The summed E-state index contributed by atoms with van der Waals surface area (Å²) in [5.41, 5.74) is 1.81. The smallest absolute Gasteiger partial charge is 0.0896 e. The molecule has 1 N–H and O–H groups in total. The highest BCUT2D eigenvalue weighted by Crippen LogP contribution is 2.45. The van der Waals surface area contributed by atoms with Gasteiger partial charge in [-0.3, -0.25) is 0 Å². The summed E-state index contributed by atoms with van der Waals surface area (Å²) in [6, 6.07) is 8.47. The average molecular weight is 218 g/mol. The molecule has 88 valence electrons. The largest absolute Gasteiger partial charge is 0.385 e. The van der Waals surface area contributed by atoms with Gasteiger partial charge in [0, 0.05) is 0 Å². The van der Waals surface area contributed by atoms with Crippen molar-refractivity contribution in [2.75, 3.05) is 0 Å². The van der Waals surface area contributed by atoms with Gasteiger partial charge < -0.3 is 5.11 Å². The molecule has 1 aromatic carbocycles. The van der Waals surface area contributed by atoms with Crippen LogP contribution in [-0.2, 0) is 12.0 Å². The van der Waals surface area contributed by atoms with Gasteiger partial charge in [0.2, 0.25) is 0 Å². The summed E-state index contributed by atoms with van der Waals surface area (Å²) >= 11 is 0. The third-order valence-corrected chi connectivity index (χ3v) is 3.53. The van der Waals surface area contributed by atoms with E-state index in [1.54, 1.807) is 0 Å². The summed E-state index contributed by atoms with van der Waals surface area (Å²) in [4.78, 5) is 0. The number of benzene rings is 1. The van der Waals surface area contributed by atoms with Crippen LogP contribution in [0, 0.1) is 11.8 Å². The molecular weight excluding hydrogens is 196 g/mol. The number of rotatable bonds is 4. The van der Waals surface area contributed by atoms with Crippen LogP contribution in [0.1, 0.15) is 44.7 Å². The molecule has 0 radical (unpaired) electrons.